The summed E-state index contributed by atoms with van der Waals surface area (Å²) in [6.45, 7) is 5.87. The van der Waals surface area contributed by atoms with E-state index in [4.69, 9.17) is 9.47 Å². The highest BCUT2D eigenvalue weighted by atomic mass is 32.2. The number of ether oxygens (including phenoxy) is 2. The number of hydrogen-bond acceptors (Lipinski definition) is 6. The van der Waals surface area contributed by atoms with E-state index in [1.165, 1.54) is 33.2 Å². The third-order valence-electron chi connectivity index (χ3n) is 4.76. The van der Waals surface area contributed by atoms with Crippen LogP contribution in [-0.2, 0) is 19.6 Å². The van der Waals surface area contributed by atoms with Crippen LogP contribution in [0.1, 0.15) is 42.6 Å². The molecule has 2 rings (SSSR count). The van der Waals surface area contributed by atoms with Gasteiger partial charge in [0, 0.05) is 19.8 Å². The number of carbonyl (C=O) groups is 2. The van der Waals surface area contributed by atoms with E-state index in [0.29, 0.717) is 29.2 Å². The summed E-state index contributed by atoms with van der Waals surface area (Å²) in [6.07, 6.45) is 0.885. The van der Waals surface area contributed by atoms with Crippen LogP contribution in [0.25, 0.3) is 0 Å². The summed E-state index contributed by atoms with van der Waals surface area (Å²) in [5, 5.41) is 2.64. The zero-order valence-corrected chi connectivity index (χ0v) is 19.9. The van der Waals surface area contributed by atoms with Gasteiger partial charge in [-0.2, -0.15) is 0 Å². The van der Waals surface area contributed by atoms with Crippen LogP contribution in [0.3, 0.4) is 0 Å². The minimum atomic E-state index is -3.65. The summed E-state index contributed by atoms with van der Waals surface area (Å²) < 4.78 is 36.6. The summed E-state index contributed by atoms with van der Waals surface area (Å²) in [5.41, 5.74) is 1.30. The number of unbranched alkanes of at least 4 members (excludes halogenated alkanes) is 1. The minimum absolute atomic E-state index is 0.0503. The fourth-order valence-corrected chi connectivity index (χ4v) is 3.57. The molecule has 0 spiro atoms. The monoisotopic (exact) mass is 462 g/mol. The maximum Gasteiger partial charge on any atom is 0.338 e. The Balaban J connectivity index is 2.03. The second-order valence-corrected chi connectivity index (χ2v) is 9.68. The topological polar surface area (TPSA) is 102 Å². The molecule has 1 N–H and O–H groups in total. The Morgan fingerprint density at radius 1 is 1.09 bits per heavy atom. The third-order valence-corrected chi connectivity index (χ3v) is 6.57. The predicted octanol–water partition coefficient (Wildman–Crippen LogP) is 3.61. The average molecular weight is 463 g/mol. The van der Waals surface area contributed by atoms with Crippen molar-refractivity contribution in [3.63, 3.8) is 0 Å². The Morgan fingerprint density at radius 2 is 1.75 bits per heavy atom. The van der Waals surface area contributed by atoms with Crippen LogP contribution >= 0.6 is 0 Å². The molecule has 8 nitrogen and oxygen atoms in total. The molecule has 0 aliphatic rings. The lowest BCUT2D eigenvalue weighted by atomic mass is 10.2. The Kier molecular flexibility index (Phi) is 8.80. The number of hydrogen-bond donors (Lipinski definition) is 1. The first-order valence-electron chi connectivity index (χ1n) is 10.3. The molecule has 9 heteroatoms. The molecule has 2 aromatic carbocycles. The van der Waals surface area contributed by atoms with Gasteiger partial charge in [-0.1, -0.05) is 19.4 Å². The van der Waals surface area contributed by atoms with E-state index >= 15 is 0 Å². The molecule has 2 aromatic rings. The molecule has 0 aliphatic carbocycles. The number of esters is 1. The molecule has 0 saturated heterocycles. The van der Waals surface area contributed by atoms with E-state index in [1.54, 1.807) is 37.3 Å². The Morgan fingerprint density at radius 3 is 2.34 bits per heavy atom. The van der Waals surface area contributed by atoms with E-state index < -0.39 is 28.0 Å². The molecule has 174 valence electrons. The fourth-order valence-electron chi connectivity index (χ4n) is 2.65. The summed E-state index contributed by atoms with van der Waals surface area (Å²) in [5.74, 6) is -0.558. The molecule has 0 radical (unpaired) electrons. The molecular weight excluding hydrogens is 432 g/mol. The molecule has 0 saturated carbocycles. The van der Waals surface area contributed by atoms with E-state index in [2.05, 4.69) is 12.2 Å². The van der Waals surface area contributed by atoms with Crippen LogP contribution in [0.5, 0.6) is 5.75 Å². The van der Waals surface area contributed by atoms with E-state index in [0.717, 1.165) is 17.1 Å². The maximum atomic E-state index is 12.6. The van der Waals surface area contributed by atoms with Crippen LogP contribution in [0, 0.1) is 6.92 Å². The fraction of sp³-hybridized carbons (Fsp3) is 0.391. The van der Waals surface area contributed by atoms with Crippen LogP contribution in [0.4, 0.5) is 5.69 Å². The average Bonchev–Trinajstić information content (AvgIpc) is 2.75. The minimum Gasteiger partial charge on any atom is -0.494 e. The standard InChI is InChI=1S/C23H30N2O6S/c1-6-7-14-30-19-11-9-18(10-12-19)23(27)31-17(3)22(26)24-21-15-20(13-8-16(21)2)32(28,29)25(4)5/h8-13,15,17H,6-7,14H2,1-5H3,(H,24,26). The largest absolute Gasteiger partial charge is 0.494 e. The number of nitrogens with zero attached hydrogens (tertiary/aromatic N) is 1. The predicted molar refractivity (Wildman–Crippen MR) is 122 cm³/mol. The van der Waals surface area contributed by atoms with Crippen LogP contribution in [0.2, 0.25) is 0 Å². The van der Waals surface area contributed by atoms with Crippen molar-refractivity contribution in [2.45, 2.75) is 44.6 Å². The van der Waals surface area contributed by atoms with Gasteiger partial charge in [0.2, 0.25) is 10.0 Å². The zero-order valence-electron chi connectivity index (χ0n) is 19.0. The first-order valence-corrected chi connectivity index (χ1v) is 11.8. The van der Waals surface area contributed by atoms with Gasteiger partial charge in [-0.05, 0) is 62.2 Å². The first-order chi connectivity index (χ1) is 15.1. The van der Waals surface area contributed by atoms with Gasteiger partial charge >= 0.3 is 5.97 Å². The summed E-state index contributed by atoms with van der Waals surface area (Å²) >= 11 is 0. The Hall–Kier alpha value is -2.91. The van der Waals surface area contributed by atoms with Gasteiger partial charge in [-0.15, -0.1) is 0 Å². The van der Waals surface area contributed by atoms with Gasteiger partial charge in [0.15, 0.2) is 6.10 Å². The number of carbonyl (C=O) groups excluding carboxylic acids is 2. The van der Waals surface area contributed by atoms with Gasteiger partial charge in [0.25, 0.3) is 5.91 Å². The van der Waals surface area contributed by atoms with Crippen molar-refractivity contribution in [2.24, 2.45) is 0 Å². The number of aryl methyl sites for hydroxylation is 1. The lowest BCUT2D eigenvalue weighted by Crippen LogP contribution is -2.30. The van der Waals surface area contributed by atoms with Crippen LogP contribution in [0.15, 0.2) is 47.4 Å². The van der Waals surface area contributed by atoms with Crippen molar-refractivity contribution < 1.29 is 27.5 Å². The number of anilines is 1. The second kappa shape index (κ2) is 11.1. The number of rotatable bonds is 10. The molecule has 0 aliphatic heterocycles. The van der Waals surface area contributed by atoms with E-state index in [9.17, 15) is 18.0 Å². The molecule has 1 unspecified atom stereocenters. The maximum absolute atomic E-state index is 12.6. The van der Waals surface area contributed by atoms with Crippen molar-refractivity contribution in [1.29, 1.82) is 0 Å². The van der Waals surface area contributed by atoms with E-state index in [1.807, 2.05) is 0 Å². The Bertz CT molecular complexity index is 1050. The molecule has 0 bridgehead atoms. The van der Waals surface area contributed by atoms with Crippen molar-refractivity contribution in [1.82, 2.24) is 4.31 Å². The van der Waals surface area contributed by atoms with Gasteiger partial charge in [0.05, 0.1) is 17.1 Å². The third kappa shape index (κ3) is 6.54. The van der Waals surface area contributed by atoms with Gasteiger partial charge < -0.3 is 14.8 Å². The lowest BCUT2D eigenvalue weighted by Gasteiger charge is -2.17. The highest BCUT2D eigenvalue weighted by Crippen LogP contribution is 2.22. The lowest BCUT2D eigenvalue weighted by molar-refractivity contribution is -0.123. The molecule has 1 atom stereocenters. The quantitative estimate of drug-likeness (QED) is 0.428. The Labute approximate surface area is 189 Å². The molecule has 0 aromatic heterocycles. The van der Waals surface area contributed by atoms with E-state index in [-0.39, 0.29) is 4.90 Å². The number of nitrogens with one attached hydrogen (secondary N) is 1. The summed E-state index contributed by atoms with van der Waals surface area (Å²) in [4.78, 5) is 25.0. The number of amides is 1. The molecule has 1 amide bonds. The SMILES string of the molecule is CCCCOc1ccc(C(=O)OC(C)C(=O)Nc2cc(S(=O)(=O)N(C)C)ccc2C)cc1. The number of sulfonamides is 1. The van der Waals surface area contributed by atoms with Crippen molar-refractivity contribution >= 4 is 27.6 Å². The van der Waals surface area contributed by atoms with Crippen molar-refractivity contribution in [2.75, 3.05) is 26.0 Å². The second-order valence-electron chi connectivity index (χ2n) is 7.53. The summed E-state index contributed by atoms with van der Waals surface area (Å²) in [6, 6.07) is 11.0. The highest BCUT2D eigenvalue weighted by molar-refractivity contribution is 7.89. The highest BCUT2D eigenvalue weighted by Gasteiger charge is 2.22. The zero-order chi connectivity index (χ0) is 23.9. The van der Waals surface area contributed by atoms with Gasteiger partial charge in [-0.25, -0.2) is 17.5 Å². The van der Waals surface area contributed by atoms with Gasteiger partial charge in [0.1, 0.15) is 5.75 Å². The van der Waals surface area contributed by atoms with Crippen molar-refractivity contribution in [3.8, 4) is 5.75 Å². The molecule has 32 heavy (non-hydrogen) atoms. The summed E-state index contributed by atoms with van der Waals surface area (Å²) in [7, 11) is -0.793. The smallest absolute Gasteiger partial charge is 0.338 e. The molecular formula is C23H30N2O6S. The molecule has 0 fully saturated rings. The van der Waals surface area contributed by atoms with Crippen LogP contribution < -0.4 is 10.1 Å². The van der Waals surface area contributed by atoms with Crippen LogP contribution in [-0.4, -0.2) is 51.4 Å². The van der Waals surface area contributed by atoms with Gasteiger partial charge in [-0.3, -0.25) is 4.79 Å². The first kappa shape index (κ1) is 25.4. The molecule has 0 heterocycles. The van der Waals surface area contributed by atoms with Crippen molar-refractivity contribution in [3.05, 3.63) is 53.6 Å². The number of benzene rings is 2. The normalized spacial score (nSPS) is 12.3.